The van der Waals surface area contributed by atoms with Crippen LogP contribution >= 0.6 is 0 Å². The molecule has 0 amide bonds. The summed E-state index contributed by atoms with van der Waals surface area (Å²) >= 11 is 0. The summed E-state index contributed by atoms with van der Waals surface area (Å²) in [5, 5.41) is 3.30. The number of fused-ring (bicyclic) bond motifs is 15. The van der Waals surface area contributed by atoms with Crippen molar-refractivity contribution in [3.63, 3.8) is 0 Å². The van der Waals surface area contributed by atoms with Gasteiger partial charge in [-0.3, -0.25) is 0 Å². The smallest absolute Gasteiger partial charge is 0.135 e. The molecule has 1 atom stereocenters. The first-order chi connectivity index (χ1) is 30.3. The summed E-state index contributed by atoms with van der Waals surface area (Å²) in [4.78, 5) is 4.79. The van der Waals surface area contributed by atoms with E-state index in [1.807, 2.05) is 12.1 Å². The number of nitrogens with zero attached hydrogens (tertiary/aromatic N) is 2. The van der Waals surface area contributed by atoms with Crippen molar-refractivity contribution in [2.24, 2.45) is 0 Å². The van der Waals surface area contributed by atoms with Crippen LogP contribution < -0.4 is 9.80 Å². The van der Waals surface area contributed by atoms with Crippen LogP contribution in [0.25, 0.3) is 55.2 Å². The van der Waals surface area contributed by atoms with E-state index < -0.39 is 5.41 Å². The molecular weight excluding hydrogens is 745 g/mol. The molecule has 9 aromatic carbocycles. The van der Waals surface area contributed by atoms with Crippen LogP contribution in [0.3, 0.4) is 0 Å². The molecule has 0 saturated heterocycles. The fourth-order valence-electron chi connectivity index (χ4n) is 10.4. The lowest BCUT2D eigenvalue weighted by molar-refractivity contribution is 0.507. The van der Waals surface area contributed by atoms with Gasteiger partial charge in [0.05, 0.1) is 5.69 Å². The molecule has 2 aromatic heterocycles. The lowest BCUT2D eigenvalue weighted by atomic mass is 9.72. The van der Waals surface area contributed by atoms with Gasteiger partial charge < -0.3 is 18.6 Å². The summed E-state index contributed by atoms with van der Waals surface area (Å²) in [7, 11) is 0. The van der Waals surface area contributed by atoms with Crippen molar-refractivity contribution in [2.75, 3.05) is 9.80 Å². The molecule has 0 fully saturated rings. The molecule has 4 heteroatoms. The fourth-order valence-corrected chi connectivity index (χ4v) is 10.4. The van der Waals surface area contributed by atoms with Gasteiger partial charge in [-0.15, -0.1) is 0 Å². The second kappa shape index (κ2) is 13.0. The van der Waals surface area contributed by atoms with Gasteiger partial charge in [-0.2, -0.15) is 0 Å². The summed E-state index contributed by atoms with van der Waals surface area (Å²) in [5.41, 5.74) is 16.6. The zero-order valence-electron chi connectivity index (χ0n) is 33.0. The van der Waals surface area contributed by atoms with Crippen molar-refractivity contribution < 1.29 is 8.83 Å². The second-order valence-corrected chi connectivity index (χ2v) is 16.0. The molecule has 1 unspecified atom stereocenters. The van der Waals surface area contributed by atoms with Crippen molar-refractivity contribution >= 4 is 67.0 Å². The van der Waals surface area contributed by atoms with E-state index in [1.165, 1.54) is 33.4 Å². The van der Waals surface area contributed by atoms with Gasteiger partial charge in [-0.05, 0) is 113 Å². The fraction of sp³-hybridized carbons (Fsp3) is 0.0175. The molecule has 0 bridgehead atoms. The Balaban J connectivity index is 1.13. The normalized spacial score (nSPS) is 14.6. The zero-order chi connectivity index (χ0) is 40.1. The lowest BCUT2D eigenvalue weighted by Crippen LogP contribution is -2.28. The van der Waals surface area contributed by atoms with Gasteiger partial charge in [0.25, 0.3) is 0 Å². The second-order valence-electron chi connectivity index (χ2n) is 16.0. The number of hydrogen-bond acceptors (Lipinski definition) is 4. The number of furan rings is 2. The molecule has 0 radical (unpaired) electrons. The monoisotopic (exact) mass is 780 g/mol. The minimum atomic E-state index is -0.795. The number of anilines is 6. The summed E-state index contributed by atoms with van der Waals surface area (Å²) in [6, 6.07) is 78.3. The molecule has 2 aliphatic rings. The van der Waals surface area contributed by atoms with Crippen molar-refractivity contribution in [2.45, 2.75) is 5.41 Å². The number of para-hydroxylation sites is 5. The maximum absolute atomic E-state index is 7.30. The average molecular weight is 781 g/mol. The van der Waals surface area contributed by atoms with E-state index in [0.29, 0.717) is 0 Å². The minimum Gasteiger partial charge on any atom is -0.459 e. The predicted molar refractivity (Wildman–Crippen MR) is 249 cm³/mol. The van der Waals surface area contributed by atoms with Crippen LogP contribution in [0.4, 0.5) is 34.1 Å². The highest BCUT2D eigenvalue weighted by Crippen LogP contribution is 2.67. The van der Waals surface area contributed by atoms with E-state index in [9.17, 15) is 0 Å². The largest absolute Gasteiger partial charge is 0.459 e. The Kier molecular flexibility index (Phi) is 7.19. The minimum absolute atomic E-state index is 0.795. The molecule has 61 heavy (non-hydrogen) atoms. The van der Waals surface area contributed by atoms with Gasteiger partial charge in [-0.25, -0.2) is 0 Å². The van der Waals surface area contributed by atoms with Gasteiger partial charge in [0.2, 0.25) is 0 Å². The van der Waals surface area contributed by atoms with Crippen molar-refractivity contribution in [1.82, 2.24) is 0 Å². The molecule has 13 rings (SSSR count). The molecule has 0 saturated carbocycles. The molecular formula is C57H36N2O2. The summed E-state index contributed by atoms with van der Waals surface area (Å²) < 4.78 is 13.6. The third-order valence-corrected chi connectivity index (χ3v) is 12.8. The van der Waals surface area contributed by atoms with Gasteiger partial charge in [-0.1, -0.05) is 133 Å². The Morgan fingerprint density at radius 3 is 1.61 bits per heavy atom. The standard InChI is InChI=1S/C57H36N2O2/c1-4-17-37(18-5-1)58(40-32-34-53-47(35-40)44-24-11-14-29-51(44)60-53)41-31-33-43-42-23-10-13-27-48(42)57(49(43)36-41)55-46(54-45-25-12-15-30-52(45)61-56(54)57)26-16-28-50(55)59(38-19-6-2-7-20-38)39-21-8-3-9-22-39/h1-36H. The topological polar surface area (TPSA) is 32.8 Å². The molecule has 2 heterocycles. The Bertz CT molecular complexity index is 3460. The van der Waals surface area contributed by atoms with Crippen LogP contribution in [0.2, 0.25) is 0 Å². The highest BCUT2D eigenvalue weighted by molar-refractivity contribution is 6.08. The van der Waals surface area contributed by atoms with E-state index in [-0.39, 0.29) is 0 Å². The van der Waals surface area contributed by atoms with Crippen LogP contribution in [0.1, 0.15) is 22.5 Å². The number of rotatable bonds is 6. The first-order valence-corrected chi connectivity index (χ1v) is 20.8. The van der Waals surface area contributed by atoms with Gasteiger partial charge in [0, 0.05) is 55.7 Å². The van der Waals surface area contributed by atoms with Crippen molar-refractivity contribution in [3.05, 3.63) is 241 Å². The van der Waals surface area contributed by atoms with Gasteiger partial charge >= 0.3 is 0 Å². The van der Waals surface area contributed by atoms with E-state index in [0.717, 1.165) is 78.4 Å². The first-order valence-electron chi connectivity index (χ1n) is 20.8. The van der Waals surface area contributed by atoms with Gasteiger partial charge in [0.15, 0.2) is 0 Å². The van der Waals surface area contributed by atoms with Crippen LogP contribution in [-0.4, -0.2) is 0 Å². The maximum atomic E-state index is 7.30. The molecule has 0 N–H and O–H groups in total. The number of hydrogen-bond donors (Lipinski definition) is 0. The Labute approximate surface area is 352 Å². The molecule has 2 aliphatic carbocycles. The predicted octanol–water partition coefficient (Wildman–Crippen LogP) is 15.6. The average Bonchev–Trinajstić information content (AvgIpc) is 4.05. The molecule has 11 aromatic rings. The van der Waals surface area contributed by atoms with E-state index in [1.54, 1.807) is 0 Å². The van der Waals surface area contributed by atoms with Crippen LogP contribution in [0.15, 0.2) is 227 Å². The SMILES string of the molecule is c1ccc(N(c2ccc3c(c2)C2(c4ccccc4-3)c3oc4ccccc4c3-c3cccc(N(c4ccccc4)c4ccccc4)c32)c2ccc3oc4ccccc4c3c2)cc1. The summed E-state index contributed by atoms with van der Waals surface area (Å²) in [5.74, 6) is 0.957. The first kappa shape index (κ1) is 33.8. The number of benzene rings is 9. The molecule has 0 aliphatic heterocycles. The third-order valence-electron chi connectivity index (χ3n) is 12.8. The zero-order valence-corrected chi connectivity index (χ0v) is 33.0. The van der Waals surface area contributed by atoms with Crippen LogP contribution in [0.5, 0.6) is 0 Å². The highest BCUT2D eigenvalue weighted by Gasteiger charge is 2.57. The Morgan fingerprint density at radius 2 is 0.869 bits per heavy atom. The maximum Gasteiger partial charge on any atom is 0.135 e. The quantitative estimate of drug-likeness (QED) is 0.168. The van der Waals surface area contributed by atoms with E-state index >= 15 is 0 Å². The lowest BCUT2D eigenvalue weighted by Gasteiger charge is -2.35. The van der Waals surface area contributed by atoms with E-state index in [2.05, 4.69) is 216 Å². The van der Waals surface area contributed by atoms with Crippen molar-refractivity contribution in [3.8, 4) is 22.3 Å². The Morgan fingerprint density at radius 1 is 0.328 bits per heavy atom. The van der Waals surface area contributed by atoms with Gasteiger partial charge in [0.1, 0.15) is 27.9 Å². The summed E-state index contributed by atoms with van der Waals surface area (Å²) in [6.07, 6.45) is 0. The molecule has 286 valence electrons. The Hall–Kier alpha value is -8.08. The molecule has 1 spiro atoms. The van der Waals surface area contributed by atoms with Crippen LogP contribution in [-0.2, 0) is 5.41 Å². The van der Waals surface area contributed by atoms with E-state index in [4.69, 9.17) is 8.83 Å². The summed E-state index contributed by atoms with van der Waals surface area (Å²) in [6.45, 7) is 0. The third kappa shape index (κ3) is 4.76. The highest BCUT2D eigenvalue weighted by atomic mass is 16.3. The van der Waals surface area contributed by atoms with Crippen molar-refractivity contribution in [1.29, 1.82) is 0 Å². The van der Waals surface area contributed by atoms with Crippen LogP contribution in [0, 0.1) is 0 Å². The molecule has 4 nitrogen and oxygen atoms in total.